The van der Waals surface area contributed by atoms with Gasteiger partial charge in [0, 0.05) is 37.9 Å². The average Bonchev–Trinajstić information content (AvgIpc) is 2.84. The van der Waals surface area contributed by atoms with Gasteiger partial charge in [-0.2, -0.15) is 0 Å². The molecule has 7 heteroatoms. The standard InChI is InChI=1S/C24H26N4O3/c1-30-20-9-8-18(16-21(20)31-2)17-23(29)28-14-12-27(13-15-28)22-10-11-25-24(26-22)19-6-4-3-5-7-19/h3-11,16H,12-15,17H2,1-2H3. The van der Waals surface area contributed by atoms with E-state index >= 15 is 0 Å². The second kappa shape index (κ2) is 9.47. The molecule has 7 nitrogen and oxygen atoms in total. The lowest BCUT2D eigenvalue weighted by molar-refractivity contribution is -0.130. The molecule has 1 aliphatic rings. The van der Waals surface area contributed by atoms with E-state index in [-0.39, 0.29) is 5.91 Å². The van der Waals surface area contributed by atoms with Gasteiger partial charge in [0.25, 0.3) is 0 Å². The van der Waals surface area contributed by atoms with Crippen molar-refractivity contribution >= 4 is 11.7 Å². The summed E-state index contributed by atoms with van der Waals surface area (Å²) in [7, 11) is 3.20. The Morgan fingerprint density at radius 2 is 1.68 bits per heavy atom. The van der Waals surface area contributed by atoms with Crippen LogP contribution in [-0.2, 0) is 11.2 Å². The number of piperazine rings is 1. The summed E-state index contributed by atoms with van der Waals surface area (Å²) < 4.78 is 10.6. The lowest BCUT2D eigenvalue weighted by Crippen LogP contribution is -2.49. The van der Waals surface area contributed by atoms with Crippen molar-refractivity contribution in [2.75, 3.05) is 45.3 Å². The number of benzene rings is 2. The number of amides is 1. The minimum absolute atomic E-state index is 0.111. The third kappa shape index (κ3) is 4.77. The zero-order chi connectivity index (χ0) is 21.6. The Morgan fingerprint density at radius 3 is 2.39 bits per heavy atom. The highest BCUT2D eigenvalue weighted by atomic mass is 16.5. The Kier molecular flexibility index (Phi) is 6.31. The molecule has 1 fully saturated rings. The first kappa shape index (κ1) is 20.7. The van der Waals surface area contributed by atoms with Gasteiger partial charge in [-0.3, -0.25) is 4.79 Å². The van der Waals surface area contributed by atoms with E-state index in [1.165, 1.54) is 0 Å². The zero-order valence-corrected chi connectivity index (χ0v) is 17.8. The molecule has 0 aliphatic carbocycles. The van der Waals surface area contributed by atoms with Gasteiger partial charge in [-0.05, 0) is 23.8 Å². The van der Waals surface area contributed by atoms with E-state index in [0.29, 0.717) is 36.8 Å². The van der Waals surface area contributed by atoms with Crippen LogP contribution in [0.2, 0.25) is 0 Å². The maximum atomic E-state index is 12.8. The molecular formula is C24H26N4O3. The van der Waals surface area contributed by atoms with Crippen LogP contribution in [0.15, 0.2) is 60.8 Å². The summed E-state index contributed by atoms with van der Waals surface area (Å²) in [6.45, 7) is 2.80. The highest BCUT2D eigenvalue weighted by Crippen LogP contribution is 2.28. The molecule has 0 atom stereocenters. The van der Waals surface area contributed by atoms with Crippen molar-refractivity contribution in [3.05, 3.63) is 66.4 Å². The molecule has 0 bridgehead atoms. The zero-order valence-electron chi connectivity index (χ0n) is 17.8. The van der Waals surface area contributed by atoms with Crippen LogP contribution >= 0.6 is 0 Å². The number of methoxy groups -OCH3 is 2. The molecular weight excluding hydrogens is 392 g/mol. The Morgan fingerprint density at radius 1 is 0.935 bits per heavy atom. The molecule has 160 valence electrons. The van der Waals surface area contributed by atoms with Gasteiger partial charge >= 0.3 is 0 Å². The van der Waals surface area contributed by atoms with Gasteiger partial charge in [0.1, 0.15) is 5.82 Å². The number of anilines is 1. The van der Waals surface area contributed by atoms with E-state index in [0.717, 1.165) is 30.0 Å². The normalized spacial score (nSPS) is 13.7. The number of aromatic nitrogens is 2. The lowest BCUT2D eigenvalue weighted by atomic mass is 10.1. The van der Waals surface area contributed by atoms with Crippen LogP contribution < -0.4 is 14.4 Å². The van der Waals surface area contributed by atoms with Crippen molar-refractivity contribution in [1.29, 1.82) is 0 Å². The van der Waals surface area contributed by atoms with E-state index in [1.807, 2.05) is 59.5 Å². The number of nitrogens with zero attached hydrogens (tertiary/aromatic N) is 4. The van der Waals surface area contributed by atoms with E-state index in [9.17, 15) is 4.79 Å². The fourth-order valence-electron chi connectivity index (χ4n) is 3.71. The number of rotatable bonds is 6. The first-order valence-corrected chi connectivity index (χ1v) is 10.3. The molecule has 1 amide bonds. The van der Waals surface area contributed by atoms with Crippen LogP contribution in [0, 0.1) is 0 Å². The molecule has 1 aromatic heterocycles. The fourth-order valence-corrected chi connectivity index (χ4v) is 3.71. The monoisotopic (exact) mass is 418 g/mol. The molecule has 0 N–H and O–H groups in total. The second-order valence-electron chi connectivity index (χ2n) is 7.34. The Labute approximate surface area is 182 Å². The molecule has 4 rings (SSSR count). The molecule has 0 spiro atoms. The summed E-state index contributed by atoms with van der Waals surface area (Å²) in [5.74, 6) is 3.01. The predicted octanol–water partition coefficient (Wildman–Crippen LogP) is 3.05. The third-order valence-corrected chi connectivity index (χ3v) is 5.43. The topological polar surface area (TPSA) is 67.8 Å². The number of hydrogen-bond acceptors (Lipinski definition) is 6. The summed E-state index contributed by atoms with van der Waals surface area (Å²) in [5, 5.41) is 0. The van der Waals surface area contributed by atoms with Gasteiger partial charge in [-0.25, -0.2) is 9.97 Å². The van der Waals surface area contributed by atoms with Crippen molar-refractivity contribution < 1.29 is 14.3 Å². The summed E-state index contributed by atoms with van der Waals surface area (Å²) in [6, 6.07) is 17.5. The Bertz CT molecular complexity index is 1030. The molecule has 1 saturated heterocycles. The third-order valence-electron chi connectivity index (χ3n) is 5.43. The van der Waals surface area contributed by atoms with E-state index < -0.39 is 0 Å². The van der Waals surface area contributed by atoms with Gasteiger partial charge in [-0.1, -0.05) is 36.4 Å². The van der Waals surface area contributed by atoms with E-state index in [1.54, 1.807) is 20.4 Å². The predicted molar refractivity (Wildman–Crippen MR) is 120 cm³/mol. The van der Waals surface area contributed by atoms with Crippen molar-refractivity contribution in [2.24, 2.45) is 0 Å². The highest BCUT2D eigenvalue weighted by Gasteiger charge is 2.22. The lowest BCUT2D eigenvalue weighted by Gasteiger charge is -2.35. The minimum atomic E-state index is 0.111. The van der Waals surface area contributed by atoms with Crippen molar-refractivity contribution in [3.63, 3.8) is 0 Å². The molecule has 2 aromatic carbocycles. The molecule has 1 aliphatic heterocycles. The van der Waals surface area contributed by atoms with Crippen LogP contribution in [-0.4, -0.2) is 61.2 Å². The summed E-state index contributed by atoms with van der Waals surface area (Å²) >= 11 is 0. The number of carbonyl (C=O) groups excluding carboxylic acids is 1. The second-order valence-corrected chi connectivity index (χ2v) is 7.34. The largest absolute Gasteiger partial charge is 0.493 e. The Balaban J connectivity index is 1.37. The maximum Gasteiger partial charge on any atom is 0.227 e. The van der Waals surface area contributed by atoms with Gasteiger partial charge in [0.05, 0.1) is 20.6 Å². The smallest absolute Gasteiger partial charge is 0.227 e. The van der Waals surface area contributed by atoms with Gasteiger partial charge in [-0.15, -0.1) is 0 Å². The quantitative estimate of drug-likeness (QED) is 0.613. The summed E-state index contributed by atoms with van der Waals surface area (Å²) in [4.78, 5) is 26.1. The SMILES string of the molecule is COc1ccc(CC(=O)N2CCN(c3ccnc(-c4ccccc4)n3)CC2)cc1OC. The summed E-state index contributed by atoms with van der Waals surface area (Å²) in [6.07, 6.45) is 2.13. The van der Waals surface area contributed by atoms with Crippen LogP contribution in [0.25, 0.3) is 11.4 Å². The van der Waals surface area contributed by atoms with Crippen LogP contribution in [0.1, 0.15) is 5.56 Å². The average molecular weight is 418 g/mol. The fraction of sp³-hybridized carbons (Fsp3) is 0.292. The highest BCUT2D eigenvalue weighted by molar-refractivity contribution is 5.79. The first-order chi connectivity index (χ1) is 15.2. The minimum Gasteiger partial charge on any atom is -0.493 e. The number of carbonyl (C=O) groups is 1. The molecule has 2 heterocycles. The number of hydrogen-bond donors (Lipinski definition) is 0. The van der Waals surface area contributed by atoms with Gasteiger partial charge in [0.2, 0.25) is 5.91 Å². The van der Waals surface area contributed by atoms with E-state index in [2.05, 4.69) is 9.88 Å². The van der Waals surface area contributed by atoms with Crippen LogP contribution in [0.3, 0.4) is 0 Å². The van der Waals surface area contributed by atoms with Crippen molar-refractivity contribution in [1.82, 2.24) is 14.9 Å². The molecule has 31 heavy (non-hydrogen) atoms. The number of ether oxygens (including phenoxy) is 2. The van der Waals surface area contributed by atoms with Crippen molar-refractivity contribution in [2.45, 2.75) is 6.42 Å². The van der Waals surface area contributed by atoms with E-state index in [4.69, 9.17) is 14.5 Å². The van der Waals surface area contributed by atoms with Gasteiger partial charge < -0.3 is 19.3 Å². The van der Waals surface area contributed by atoms with Crippen LogP contribution in [0.5, 0.6) is 11.5 Å². The van der Waals surface area contributed by atoms with Gasteiger partial charge in [0.15, 0.2) is 17.3 Å². The summed E-state index contributed by atoms with van der Waals surface area (Å²) in [5.41, 5.74) is 1.90. The maximum absolute atomic E-state index is 12.8. The molecule has 0 radical (unpaired) electrons. The first-order valence-electron chi connectivity index (χ1n) is 10.3. The molecule has 3 aromatic rings. The Hall–Kier alpha value is -3.61. The molecule has 0 unspecified atom stereocenters. The van der Waals surface area contributed by atoms with Crippen LogP contribution in [0.4, 0.5) is 5.82 Å². The molecule has 0 saturated carbocycles. The van der Waals surface area contributed by atoms with Crippen molar-refractivity contribution in [3.8, 4) is 22.9 Å².